The summed E-state index contributed by atoms with van der Waals surface area (Å²) in [6.45, 7) is 1.91. The smallest absolute Gasteiger partial charge is 0.222 e. The SMILES string of the molecule is Cn1c(Nc2ccc(Br)cc2)nc2cc(Oc3ccnc(N(C=O)CCCN4CCCC4=O)c3)ccc21. The van der Waals surface area contributed by atoms with Crippen LogP contribution in [0.25, 0.3) is 11.0 Å². The number of anilines is 3. The first kappa shape index (κ1) is 24.8. The summed E-state index contributed by atoms with van der Waals surface area (Å²) in [4.78, 5) is 36.0. The molecule has 1 fully saturated rings. The fourth-order valence-electron chi connectivity index (χ4n) is 4.37. The summed E-state index contributed by atoms with van der Waals surface area (Å²) in [5.41, 5.74) is 2.69. The number of aromatic nitrogens is 3. The largest absolute Gasteiger partial charge is 0.457 e. The van der Waals surface area contributed by atoms with Crippen molar-refractivity contribution in [2.45, 2.75) is 19.3 Å². The second-order valence-corrected chi connectivity index (χ2v) is 9.78. The van der Waals surface area contributed by atoms with Crippen molar-refractivity contribution in [2.75, 3.05) is 29.9 Å². The Balaban J connectivity index is 1.27. The number of halogens is 1. The molecule has 1 N–H and O–H groups in total. The maximum atomic E-state index is 11.8. The normalized spacial score (nSPS) is 13.2. The number of pyridine rings is 1. The molecule has 0 aliphatic carbocycles. The van der Waals surface area contributed by atoms with Gasteiger partial charge in [0.2, 0.25) is 18.3 Å². The number of imidazole rings is 1. The molecule has 190 valence electrons. The minimum Gasteiger partial charge on any atom is -0.457 e. The fraction of sp³-hybridized carbons (Fsp3) is 0.259. The molecule has 37 heavy (non-hydrogen) atoms. The number of carbonyl (C=O) groups is 2. The molecule has 0 bridgehead atoms. The third-order valence-electron chi connectivity index (χ3n) is 6.33. The van der Waals surface area contributed by atoms with Crippen molar-refractivity contribution in [2.24, 2.45) is 7.05 Å². The van der Waals surface area contributed by atoms with Crippen molar-refractivity contribution in [1.82, 2.24) is 19.4 Å². The number of amides is 2. The molecule has 1 aliphatic rings. The van der Waals surface area contributed by atoms with Gasteiger partial charge in [0.25, 0.3) is 0 Å². The Kier molecular flexibility index (Phi) is 7.36. The lowest BCUT2D eigenvalue weighted by Gasteiger charge is -2.20. The van der Waals surface area contributed by atoms with Crippen molar-refractivity contribution >= 4 is 56.7 Å². The quantitative estimate of drug-likeness (QED) is 0.266. The minimum atomic E-state index is 0.187. The topological polar surface area (TPSA) is 92.6 Å². The Morgan fingerprint density at radius 2 is 1.95 bits per heavy atom. The molecule has 2 amide bonds. The highest BCUT2D eigenvalue weighted by Crippen LogP contribution is 2.29. The number of rotatable bonds is 10. The van der Waals surface area contributed by atoms with Crippen LogP contribution < -0.4 is 15.0 Å². The summed E-state index contributed by atoms with van der Waals surface area (Å²) in [5.74, 6) is 2.60. The molecule has 2 aromatic heterocycles. The van der Waals surface area contributed by atoms with Crippen LogP contribution >= 0.6 is 15.9 Å². The van der Waals surface area contributed by atoms with E-state index in [-0.39, 0.29) is 5.91 Å². The van der Waals surface area contributed by atoms with E-state index in [4.69, 9.17) is 9.72 Å². The van der Waals surface area contributed by atoms with E-state index in [2.05, 4.69) is 26.2 Å². The van der Waals surface area contributed by atoms with Crippen molar-refractivity contribution in [3.63, 3.8) is 0 Å². The Hall–Kier alpha value is -3.92. The lowest BCUT2D eigenvalue weighted by Crippen LogP contribution is -2.30. The average Bonchev–Trinajstić information content (AvgIpc) is 3.45. The minimum absolute atomic E-state index is 0.187. The Morgan fingerprint density at radius 1 is 1.14 bits per heavy atom. The molecule has 2 aromatic carbocycles. The maximum absolute atomic E-state index is 11.8. The molecule has 3 heterocycles. The molecule has 1 saturated heterocycles. The number of hydrogen-bond donors (Lipinski definition) is 1. The summed E-state index contributed by atoms with van der Waals surface area (Å²) in [5, 5.41) is 3.34. The van der Waals surface area contributed by atoms with Gasteiger partial charge in [0.05, 0.1) is 11.0 Å². The van der Waals surface area contributed by atoms with Crippen molar-refractivity contribution in [3.8, 4) is 11.5 Å². The first-order valence-corrected chi connectivity index (χ1v) is 12.9. The Bertz CT molecular complexity index is 1420. The van der Waals surface area contributed by atoms with Crippen molar-refractivity contribution in [3.05, 3.63) is 65.3 Å². The molecular formula is C27H27BrN6O3. The Labute approximate surface area is 223 Å². The average molecular weight is 563 g/mol. The first-order valence-electron chi connectivity index (χ1n) is 12.1. The van der Waals surface area contributed by atoms with Crippen LogP contribution in [0.1, 0.15) is 19.3 Å². The molecule has 0 spiro atoms. The van der Waals surface area contributed by atoms with E-state index in [9.17, 15) is 9.59 Å². The highest BCUT2D eigenvalue weighted by molar-refractivity contribution is 9.10. The maximum Gasteiger partial charge on any atom is 0.222 e. The number of ether oxygens (including phenoxy) is 1. The van der Waals surface area contributed by atoms with Gasteiger partial charge in [0.1, 0.15) is 17.3 Å². The molecule has 0 saturated carbocycles. The van der Waals surface area contributed by atoms with Gasteiger partial charge in [0, 0.05) is 61.6 Å². The summed E-state index contributed by atoms with van der Waals surface area (Å²) >= 11 is 3.45. The molecular weight excluding hydrogens is 536 g/mol. The van der Waals surface area contributed by atoms with Gasteiger partial charge in [-0.1, -0.05) is 15.9 Å². The van der Waals surface area contributed by atoms with Gasteiger partial charge in [-0.15, -0.1) is 0 Å². The van der Waals surface area contributed by atoms with Gasteiger partial charge in [-0.2, -0.15) is 0 Å². The third-order valence-corrected chi connectivity index (χ3v) is 6.85. The van der Waals surface area contributed by atoms with Gasteiger partial charge in [-0.3, -0.25) is 14.5 Å². The van der Waals surface area contributed by atoms with Gasteiger partial charge in [-0.25, -0.2) is 9.97 Å². The zero-order valence-corrected chi connectivity index (χ0v) is 22.0. The predicted molar refractivity (Wildman–Crippen MR) is 146 cm³/mol. The third kappa shape index (κ3) is 5.75. The van der Waals surface area contributed by atoms with E-state index in [0.29, 0.717) is 43.2 Å². The van der Waals surface area contributed by atoms with Crippen LogP contribution in [0.15, 0.2) is 65.3 Å². The fourth-order valence-corrected chi connectivity index (χ4v) is 4.63. The van der Waals surface area contributed by atoms with Crippen molar-refractivity contribution in [1.29, 1.82) is 0 Å². The van der Waals surface area contributed by atoms with Crippen LogP contribution in [0.4, 0.5) is 17.5 Å². The number of hydrogen-bond acceptors (Lipinski definition) is 6. The van der Waals surface area contributed by atoms with Crippen LogP contribution in [-0.4, -0.2) is 51.4 Å². The van der Waals surface area contributed by atoms with Gasteiger partial charge < -0.3 is 19.5 Å². The second-order valence-electron chi connectivity index (χ2n) is 8.87. The molecule has 0 atom stereocenters. The van der Waals surface area contributed by atoms with Crippen LogP contribution in [-0.2, 0) is 16.6 Å². The first-order chi connectivity index (χ1) is 18.0. The van der Waals surface area contributed by atoms with Gasteiger partial charge in [-0.05, 0) is 55.3 Å². The standard InChI is InChI=1S/C27H27BrN6O3/c1-32-24-10-9-21(16-23(24)31-27(32)30-20-7-5-19(28)6-8-20)37-22-11-12-29-25(17-22)34(18-35)15-3-14-33-13-2-4-26(33)36/h5-12,16-18H,2-4,13-15H2,1H3,(H,30,31). The lowest BCUT2D eigenvalue weighted by atomic mass is 10.3. The van der Waals surface area contributed by atoms with Crippen LogP contribution in [0.3, 0.4) is 0 Å². The molecule has 9 nitrogen and oxygen atoms in total. The molecule has 0 unspecified atom stereocenters. The lowest BCUT2D eigenvalue weighted by molar-refractivity contribution is -0.127. The van der Waals surface area contributed by atoms with E-state index in [1.807, 2.05) is 59.0 Å². The van der Waals surface area contributed by atoms with Gasteiger partial charge >= 0.3 is 0 Å². The van der Waals surface area contributed by atoms with Crippen LogP contribution in [0.2, 0.25) is 0 Å². The second kappa shape index (κ2) is 11.0. The van der Waals surface area contributed by atoms with E-state index in [0.717, 1.165) is 46.5 Å². The number of nitrogens with one attached hydrogen (secondary N) is 1. The summed E-state index contributed by atoms with van der Waals surface area (Å²) in [6.07, 6.45) is 4.59. The zero-order chi connectivity index (χ0) is 25.8. The number of fused-ring (bicyclic) bond motifs is 1. The highest BCUT2D eigenvalue weighted by Gasteiger charge is 2.20. The summed E-state index contributed by atoms with van der Waals surface area (Å²) < 4.78 is 9.09. The molecule has 10 heteroatoms. The van der Waals surface area contributed by atoms with Crippen molar-refractivity contribution < 1.29 is 14.3 Å². The van der Waals surface area contributed by atoms with E-state index in [1.165, 1.54) is 4.90 Å². The number of aryl methyl sites for hydroxylation is 1. The highest BCUT2D eigenvalue weighted by atomic mass is 79.9. The summed E-state index contributed by atoms with van der Waals surface area (Å²) in [7, 11) is 1.96. The molecule has 4 aromatic rings. The van der Waals surface area contributed by atoms with E-state index < -0.39 is 0 Å². The molecule has 0 radical (unpaired) electrons. The van der Waals surface area contributed by atoms with Crippen LogP contribution in [0, 0.1) is 0 Å². The predicted octanol–water partition coefficient (Wildman–Crippen LogP) is 5.24. The van der Waals surface area contributed by atoms with E-state index >= 15 is 0 Å². The monoisotopic (exact) mass is 562 g/mol. The zero-order valence-electron chi connectivity index (χ0n) is 20.4. The number of carbonyl (C=O) groups excluding carboxylic acids is 2. The number of benzene rings is 2. The molecule has 5 rings (SSSR count). The Morgan fingerprint density at radius 3 is 2.70 bits per heavy atom. The number of likely N-dealkylation sites (tertiary alicyclic amines) is 1. The van der Waals surface area contributed by atoms with E-state index in [1.54, 1.807) is 18.3 Å². The van der Waals surface area contributed by atoms with Gasteiger partial charge in [0.15, 0.2) is 0 Å². The van der Waals surface area contributed by atoms with Crippen LogP contribution in [0.5, 0.6) is 11.5 Å². The number of nitrogens with zero attached hydrogens (tertiary/aromatic N) is 5. The summed E-state index contributed by atoms with van der Waals surface area (Å²) in [6, 6.07) is 17.1. The molecule has 1 aliphatic heterocycles.